The van der Waals surface area contributed by atoms with Gasteiger partial charge in [-0.2, -0.15) is 0 Å². The average molecular weight is 211 g/mol. The van der Waals surface area contributed by atoms with Crippen molar-refractivity contribution in [2.75, 3.05) is 0 Å². The minimum absolute atomic E-state index is 0.298. The Morgan fingerprint density at radius 2 is 2.29 bits per heavy atom. The van der Waals surface area contributed by atoms with Crippen molar-refractivity contribution in [1.82, 2.24) is 4.98 Å². The summed E-state index contributed by atoms with van der Waals surface area (Å²) < 4.78 is 0. The molecular weight excluding hydrogens is 194 g/mol. The molecule has 1 saturated carbocycles. The third kappa shape index (κ3) is 2.15. The fourth-order valence-electron chi connectivity index (χ4n) is 2.41. The molecule has 2 nitrogen and oxygen atoms in total. The van der Waals surface area contributed by atoms with Crippen LogP contribution in [0.1, 0.15) is 38.1 Å². The Kier molecular flexibility index (Phi) is 2.40. The summed E-state index contributed by atoms with van der Waals surface area (Å²) in [6.07, 6.45) is 5.48. The highest BCUT2D eigenvalue weighted by Gasteiger charge is 2.42. The van der Waals surface area contributed by atoms with Crippen molar-refractivity contribution >= 4 is 11.3 Å². The van der Waals surface area contributed by atoms with E-state index in [0.717, 1.165) is 30.7 Å². The number of nitrogens with zero attached hydrogens (tertiary/aromatic N) is 1. The van der Waals surface area contributed by atoms with E-state index in [2.05, 4.69) is 18.8 Å². The standard InChI is InChI=1S/C11H17NOS/c1-10(2)3-4-11(13,8-10)7-9-12-5-6-14-9/h5-6,13H,3-4,7-8H2,1-2H3. The van der Waals surface area contributed by atoms with Crippen LogP contribution >= 0.6 is 11.3 Å². The fourth-order valence-corrected chi connectivity index (χ4v) is 3.16. The molecule has 1 fully saturated rings. The first kappa shape index (κ1) is 10.1. The van der Waals surface area contributed by atoms with Crippen LogP contribution in [0.4, 0.5) is 0 Å². The van der Waals surface area contributed by atoms with Gasteiger partial charge in [-0.15, -0.1) is 11.3 Å². The van der Waals surface area contributed by atoms with Crippen molar-refractivity contribution in [2.45, 2.75) is 45.1 Å². The van der Waals surface area contributed by atoms with Crippen LogP contribution in [0.2, 0.25) is 0 Å². The molecule has 0 spiro atoms. The summed E-state index contributed by atoms with van der Waals surface area (Å²) in [7, 11) is 0. The van der Waals surface area contributed by atoms with E-state index in [9.17, 15) is 5.11 Å². The molecule has 0 aromatic carbocycles. The van der Waals surface area contributed by atoms with E-state index < -0.39 is 5.60 Å². The van der Waals surface area contributed by atoms with Gasteiger partial charge in [-0.1, -0.05) is 13.8 Å². The molecule has 0 aliphatic heterocycles. The van der Waals surface area contributed by atoms with E-state index in [0.29, 0.717) is 5.41 Å². The van der Waals surface area contributed by atoms with Gasteiger partial charge < -0.3 is 5.11 Å². The third-order valence-electron chi connectivity index (χ3n) is 3.04. The zero-order chi connectivity index (χ0) is 10.2. The van der Waals surface area contributed by atoms with Crippen molar-refractivity contribution in [3.8, 4) is 0 Å². The summed E-state index contributed by atoms with van der Waals surface area (Å²) in [6.45, 7) is 4.46. The van der Waals surface area contributed by atoms with E-state index in [1.165, 1.54) is 0 Å². The topological polar surface area (TPSA) is 33.1 Å². The maximum atomic E-state index is 10.4. The first-order chi connectivity index (χ1) is 6.49. The summed E-state index contributed by atoms with van der Waals surface area (Å²) in [5.74, 6) is 0. The summed E-state index contributed by atoms with van der Waals surface area (Å²) in [5, 5.41) is 13.4. The molecule has 1 unspecified atom stereocenters. The first-order valence-corrected chi connectivity index (χ1v) is 5.98. The maximum absolute atomic E-state index is 10.4. The van der Waals surface area contributed by atoms with E-state index in [1.54, 1.807) is 11.3 Å². The highest BCUT2D eigenvalue weighted by Crippen LogP contribution is 2.44. The Morgan fingerprint density at radius 1 is 1.50 bits per heavy atom. The summed E-state index contributed by atoms with van der Waals surface area (Å²) in [6, 6.07) is 0. The summed E-state index contributed by atoms with van der Waals surface area (Å²) >= 11 is 1.64. The van der Waals surface area contributed by atoms with Gasteiger partial charge in [0.1, 0.15) is 0 Å². The second-order valence-electron chi connectivity index (χ2n) is 5.17. The lowest BCUT2D eigenvalue weighted by Gasteiger charge is -2.24. The van der Waals surface area contributed by atoms with Gasteiger partial charge in [0.15, 0.2) is 0 Å². The Morgan fingerprint density at radius 3 is 2.79 bits per heavy atom. The number of hydrogen-bond donors (Lipinski definition) is 1. The Balaban J connectivity index is 2.05. The number of hydrogen-bond acceptors (Lipinski definition) is 3. The van der Waals surface area contributed by atoms with Crippen LogP contribution in [-0.2, 0) is 6.42 Å². The van der Waals surface area contributed by atoms with E-state index in [4.69, 9.17) is 0 Å². The quantitative estimate of drug-likeness (QED) is 0.815. The molecule has 1 aliphatic rings. The van der Waals surface area contributed by atoms with Gasteiger partial charge in [0.25, 0.3) is 0 Å². The first-order valence-electron chi connectivity index (χ1n) is 5.10. The average Bonchev–Trinajstić information content (AvgIpc) is 2.60. The van der Waals surface area contributed by atoms with Gasteiger partial charge in [-0.25, -0.2) is 4.98 Å². The normalized spacial score (nSPS) is 30.8. The number of aromatic nitrogens is 1. The van der Waals surface area contributed by atoms with Crippen LogP contribution < -0.4 is 0 Å². The van der Waals surface area contributed by atoms with Crippen molar-refractivity contribution in [3.63, 3.8) is 0 Å². The summed E-state index contributed by atoms with van der Waals surface area (Å²) in [5.41, 5.74) is -0.201. The molecule has 78 valence electrons. The maximum Gasteiger partial charge on any atom is 0.0953 e. The Bertz CT molecular complexity index is 307. The molecular formula is C11H17NOS. The zero-order valence-corrected chi connectivity index (χ0v) is 9.60. The second-order valence-corrected chi connectivity index (χ2v) is 6.15. The monoisotopic (exact) mass is 211 g/mol. The minimum atomic E-state index is -0.499. The second kappa shape index (κ2) is 3.31. The van der Waals surface area contributed by atoms with Crippen LogP contribution in [0.5, 0.6) is 0 Å². The van der Waals surface area contributed by atoms with Crippen molar-refractivity contribution in [2.24, 2.45) is 5.41 Å². The molecule has 1 heterocycles. The minimum Gasteiger partial charge on any atom is -0.389 e. The van der Waals surface area contributed by atoms with Crippen molar-refractivity contribution in [1.29, 1.82) is 0 Å². The fraction of sp³-hybridized carbons (Fsp3) is 0.727. The number of rotatable bonds is 2. The van der Waals surface area contributed by atoms with Crippen molar-refractivity contribution in [3.05, 3.63) is 16.6 Å². The highest BCUT2D eigenvalue weighted by atomic mass is 32.1. The van der Waals surface area contributed by atoms with Gasteiger partial charge in [0.2, 0.25) is 0 Å². The van der Waals surface area contributed by atoms with Gasteiger partial charge in [0.05, 0.1) is 10.6 Å². The van der Waals surface area contributed by atoms with E-state index in [-0.39, 0.29) is 0 Å². The Hall–Kier alpha value is -0.410. The molecule has 0 bridgehead atoms. The lowest BCUT2D eigenvalue weighted by molar-refractivity contribution is 0.0378. The van der Waals surface area contributed by atoms with E-state index >= 15 is 0 Å². The largest absolute Gasteiger partial charge is 0.389 e. The molecule has 1 aromatic rings. The predicted octanol–water partition coefficient (Wildman–Crippen LogP) is 2.63. The van der Waals surface area contributed by atoms with Crippen molar-refractivity contribution < 1.29 is 5.11 Å². The van der Waals surface area contributed by atoms with Gasteiger partial charge in [-0.05, 0) is 24.7 Å². The molecule has 1 N–H and O–H groups in total. The molecule has 3 heteroatoms. The third-order valence-corrected chi connectivity index (χ3v) is 3.82. The van der Waals surface area contributed by atoms with E-state index in [1.807, 2.05) is 11.6 Å². The molecule has 2 rings (SSSR count). The molecule has 0 saturated heterocycles. The predicted molar refractivity (Wildman–Crippen MR) is 58.4 cm³/mol. The van der Waals surface area contributed by atoms with Gasteiger partial charge in [0, 0.05) is 18.0 Å². The van der Waals surface area contributed by atoms with Crippen LogP contribution in [0, 0.1) is 5.41 Å². The molecule has 1 aromatic heterocycles. The molecule has 0 radical (unpaired) electrons. The smallest absolute Gasteiger partial charge is 0.0953 e. The van der Waals surface area contributed by atoms with Crippen LogP contribution in [0.25, 0.3) is 0 Å². The lowest BCUT2D eigenvalue weighted by Crippen LogP contribution is -2.28. The van der Waals surface area contributed by atoms with Crippen LogP contribution in [-0.4, -0.2) is 15.7 Å². The summed E-state index contributed by atoms with van der Waals surface area (Å²) in [4.78, 5) is 4.23. The molecule has 14 heavy (non-hydrogen) atoms. The number of aliphatic hydroxyl groups is 1. The SMILES string of the molecule is CC1(C)CCC(O)(Cc2nccs2)C1. The Labute approximate surface area is 89.0 Å². The lowest BCUT2D eigenvalue weighted by atomic mass is 9.88. The molecule has 1 aliphatic carbocycles. The van der Waals surface area contributed by atoms with Crippen LogP contribution in [0.3, 0.4) is 0 Å². The zero-order valence-electron chi connectivity index (χ0n) is 8.79. The number of thiazole rings is 1. The molecule has 0 amide bonds. The molecule has 1 atom stereocenters. The van der Waals surface area contributed by atoms with Gasteiger partial charge in [-0.3, -0.25) is 0 Å². The highest BCUT2D eigenvalue weighted by molar-refractivity contribution is 7.09. The van der Waals surface area contributed by atoms with Crippen LogP contribution in [0.15, 0.2) is 11.6 Å². The van der Waals surface area contributed by atoms with Gasteiger partial charge >= 0.3 is 0 Å².